The molecule has 0 bridgehead atoms. The Balaban J connectivity index is 1.57. The van der Waals surface area contributed by atoms with E-state index in [-0.39, 0.29) is 0 Å². The number of nitrogens with one attached hydrogen (secondary N) is 1. The molecule has 3 aromatic rings. The molecule has 1 aliphatic rings. The first-order valence-corrected chi connectivity index (χ1v) is 7.70. The molecule has 0 saturated carbocycles. The first kappa shape index (κ1) is 15.1. The second-order valence-electron chi connectivity index (χ2n) is 5.98. The monoisotopic (exact) mass is 332 g/mol. The van der Waals surface area contributed by atoms with Gasteiger partial charge in [-0.15, -0.1) is 0 Å². The summed E-state index contributed by atoms with van der Waals surface area (Å²) in [5.41, 5.74) is 3.48. The van der Waals surface area contributed by atoms with Crippen LogP contribution in [0, 0.1) is 0 Å². The minimum Gasteiger partial charge on any atom is -0.361 e. The fraction of sp³-hybridized carbons (Fsp3) is 0.294. The van der Waals surface area contributed by atoms with Crippen molar-refractivity contribution in [3.63, 3.8) is 0 Å². The Morgan fingerprint density at radius 3 is 2.88 bits per heavy atom. The topological polar surface area (TPSA) is 44.8 Å². The Morgan fingerprint density at radius 2 is 2.04 bits per heavy atom. The van der Waals surface area contributed by atoms with E-state index in [1.54, 1.807) is 0 Å². The first-order chi connectivity index (χ1) is 11.5. The van der Waals surface area contributed by atoms with Gasteiger partial charge in [-0.05, 0) is 23.6 Å². The second-order valence-corrected chi connectivity index (χ2v) is 5.98. The average molecular weight is 332 g/mol. The van der Waals surface area contributed by atoms with Gasteiger partial charge in [-0.2, -0.15) is 13.2 Å². The van der Waals surface area contributed by atoms with Crippen molar-refractivity contribution in [1.82, 2.24) is 19.9 Å². The smallest absolute Gasteiger partial charge is 0.361 e. The van der Waals surface area contributed by atoms with E-state index in [0.717, 1.165) is 28.6 Å². The molecule has 0 saturated heterocycles. The Bertz CT molecular complexity index is 885. The van der Waals surface area contributed by atoms with Crippen LogP contribution in [0.1, 0.15) is 22.6 Å². The van der Waals surface area contributed by atoms with Crippen molar-refractivity contribution < 1.29 is 13.2 Å². The molecule has 4 rings (SSSR count). The Hall–Kier alpha value is -2.41. The van der Waals surface area contributed by atoms with Gasteiger partial charge in [-0.3, -0.25) is 4.90 Å². The van der Waals surface area contributed by atoms with Crippen LogP contribution in [-0.2, 0) is 25.7 Å². The van der Waals surface area contributed by atoms with Gasteiger partial charge in [0.05, 0.1) is 5.69 Å². The third-order valence-electron chi connectivity index (χ3n) is 4.35. The molecule has 4 nitrogen and oxygen atoms in total. The fourth-order valence-electron chi connectivity index (χ4n) is 3.13. The van der Waals surface area contributed by atoms with Crippen LogP contribution in [0.3, 0.4) is 0 Å². The van der Waals surface area contributed by atoms with Gasteiger partial charge in [0.1, 0.15) is 0 Å². The van der Waals surface area contributed by atoms with Crippen LogP contribution in [0.2, 0.25) is 0 Å². The molecular weight excluding hydrogens is 317 g/mol. The number of benzene rings is 1. The third kappa shape index (κ3) is 2.75. The van der Waals surface area contributed by atoms with Crippen LogP contribution >= 0.6 is 0 Å². The number of aromatic nitrogens is 3. The fourth-order valence-corrected chi connectivity index (χ4v) is 3.13. The summed E-state index contributed by atoms with van der Waals surface area (Å²) in [6.45, 7) is 1.86. The zero-order valence-electron chi connectivity index (χ0n) is 12.8. The number of para-hydroxylation sites is 1. The largest absolute Gasteiger partial charge is 0.451 e. The number of hydrogen-bond donors (Lipinski definition) is 1. The lowest BCUT2D eigenvalue weighted by Crippen LogP contribution is -2.31. The predicted molar refractivity (Wildman–Crippen MR) is 83.2 cm³/mol. The zero-order valence-corrected chi connectivity index (χ0v) is 12.8. The van der Waals surface area contributed by atoms with Gasteiger partial charge in [-0.25, -0.2) is 9.97 Å². The van der Waals surface area contributed by atoms with Crippen molar-refractivity contribution in [2.24, 2.45) is 0 Å². The number of halogens is 3. The molecule has 0 radical (unpaired) electrons. The van der Waals surface area contributed by atoms with Crippen LogP contribution < -0.4 is 0 Å². The standard InChI is InChI=1S/C17H15F3N4/c18-17(19,20)16-22-7-11-5-6-24(10-15(11)23-16)9-12-8-21-14-4-2-1-3-13(12)14/h1-4,7-8,21H,5-6,9-10H2. The lowest BCUT2D eigenvalue weighted by Gasteiger charge is -2.27. The van der Waals surface area contributed by atoms with Crippen LogP contribution in [-0.4, -0.2) is 26.4 Å². The summed E-state index contributed by atoms with van der Waals surface area (Å²) in [6.07, 6.45) is -0.570. The zero-order chi connectivity index (χ0) is 16.7. The highest BCUT2D eigenvalue weighted by Crippen LogP contribution is 2.28. The van der Waals surface area contributed by atoms with Crippen molar-refractivity contribution >= 4 is 10.9 Å². The molecule has 124 valence electrons. The molecule has 0 atom stereocenters. The summed E-state index contributed by atoms with van der Waals surface area (Å²) in [5.74, 6) is -1.06. The number of rotatable bonds is 2. The van der Waals surface area contributed by atoms with Crippen molar-refractivity contribution in [3.05, 3.63) is 59.3 Å². The number of H-pyrrole nitrogens is 1. The molecule has 0 fully saturated rings. The molecule has 0 aliphatic carbocycles. The van der Waals surface area contributed by atoms with E-state index >= 15 is 0 Å². The number of alkyl halides is 3. The normalized spacial score (nSPS) is 15.6. The van der Waals surface area contributed by atoms with Gasteiger partial charge in [0.25, 0.3) is 0 Å². The average Bonchev–Trinajstić information content (AvgIpc) is 2.97. The van der Waals surface area contributed by atoms with Gasteiger partial charge < -0.3 is 4.98 Å². The highest BCUT2D eigenvalue weighted by Gasteiger charge is 2.35. The van der Waals surface area contributed by atoms with Crippen molar-refractivity contribution in [2.45, 2.75) is 25.7 Å². The van der Waals surface area contributed by atoms with E-state index in [4.69, 9.17) is 0 Å². The van der Waals surface area contributed by atoms with Crippen LogP contribution in [0.5, 0.6) is 0 Å². The molecule has 0 spiro atoms. The molecule has 1 aromatic carbocycles. The van der Waals surface area contributed by atoms with Gasteiger partial charge in [0.15, 0.2) is 0 Å². The van der Waals surface area contributed by atoms with Crippen LogP contribution in [0.4, 0.5) is 13.2 Å². The number of hydrogen-bond acceptors (Lipinski definition) is 3. The van der Waals surface area contributed by atoms with E-state index in [1.165, 1.54) is 6.20 Å². The number of fused-ring (bicyclic) bond motifs is 2. The Kier molecular flexibility index (Phi) is 3.53. The summed E-state index contributed by atoms with van der Waals surface area (Å²) in [5, 5.41) is 1.14. The van der Waals surface area contributed by atoms with Crippen molar-refractivity contribution in [2.75, 3.05) is 6.54 Å². The molecule has 0 unspecified atom stereocenters. The molecule has 24 heavy (non-hydrogen) atoms. The Labute approximate surface area is 136 Å². The Morgan fingerprint density at radius 1 is 1.21 bits per heavy atom. The molecule has 2 aromatic heterocycles. The van der Waals surface area contributed by atoms with E-state index in [9.17, 15) is 13.2 Å². The summed E-state index contributed by atoms with van der Waals surface area (Å²) in [6, 6.07) is 8.00. The maximum Gasteiger partial charge on any atom is 0.451 e. The maximum atomic E-state index is 12.8. The lowest BCUT2D eigenvalue weighted by atomic mass is 10.1. The minimum absolute atomic E-state index is 0.403. The summed E-state index contributed by atoms with van der Waals surface area (Å²) in [4.78, 5) is 12.5. The molecule has 0 amide bonds. The highest BCUT2D eigenvalue weighted by molar-refractivity contribution is 5.82. The highest BCUT2D eigenvalue weighted by atomic mass is 19.4. The lowest BCUT2D eigenvalue weighted by molar-refractivity contribution is -0.145. The molecule has 1 aliphatic heterocycles. The van der Waals surface area contributed by atoms with Gasteiger partial charge in [0, 0.05) is 42.9 Å². The SMILES string of the molecule is FC(F)(F)c1ncc2c(n1)CN(Cc1c[nH]c3ccccc13)CC2. The van der Waals surface area contributed by atoms with Crippen LogP contribution in [0.25, 0.3) is 10.9 Å². The van der Waals surface area contributed by atoms with Crippen molar-refractivity contribution in [1.29, 1.82) is 0 Å². The van der Waals surface area contributed by atoms with Gasteiger partial charge in [0.2, 0.25) is 5.82 Å². The van der Waals surface area contributed by atoms with E-state index in [0.29, 0.717) is 25.2 Å². The van der Waals surface area contributed by atoms with Gasteiger partial charge in [-0.1, -0.05) is 18.2 Å². The van der Waals surface area contributed by atoms with Gasteiger partial charge >= 0.3 is 6.18 Å². The van der Waals surface area contributed by atoms with E-state index < -0.39 is 12.0 Å². The quantitative estimate of drug-likeness (QED) is 0.781. The summed E-state index contributed by atoms with van der Waals surface area (Å²) >= 11 is 0. The van der Waals surface area contributed by atoms with Crippen LogP contribution in [0.15, 0.2) is 36.7 Å². The molecular formula is C17H15F3N4. The van der Waals surface area contributed by atoms with E-state index in [2.05, 4.69) is 19.9 Å². The predicted octanol–water partition coefficient (Wildman–Crippen LogP) is 3.54. The maximum absolute atomic E-state index is 12.8. The van der Waals surface area contributed by atoms with Crippen molar-refractivity contribution in [3.8, 4) is 0 Å². The number of nitrogens with zero attached hydrogens (tertiary/aromatic N) is 3. The second kappa shape index (κ2) is 5.59. The first-order valence-electron chi connectivity index (χ1n) is 7.70. The molecule has 1 N–H and O–H groups in total. The summed E-state index contributed by atoms with van der Waals surface area (Å²) < 4.78 is 38.4. The summed E-state index contributed by atoms with van der Waals surface area (Å²) in [7, 11) is 0. The number of aromatic amines is 1. The molecule has 3 heterocycles. The van der Waals surface area contributed by atoms with E-state index in [1.807, 2.05) is 30.5 Å². The third-order valence-corrected chi connectivity index (χ3v) is 4.35. The molecule has 7 heteroatoms. The minimum atomic E-state index is -4.51.